The Morgan fingerprint density at radius 2 is 1.56 bits per heavy atom. The third-order valence-corrected chi connectivity index (χ3v) is 7.85. The molecule has 4 heterocycles. The summed E-state index contributed by atoms with van der Waals surface area (Å²) in [6.07, 6.45) is 4.03. The Hall–Kier alpha value is -5.10. The first-order valence-corrected chi connectivity index (χ1v) is 14.2. The first-order chi connectivity index (χ1) is 21.0. The Labute approximate surface area is 252 Å². The summed E-state index contributed by atoms with van der Waals surface area (Å²) in [5, 5.41) is 9.09. The van der Waals surface area contributed by atoms with Gasteiger partial charge in [-0.1, -0.05) is 12.1 Å². The molecule has 0 spiro atoms. The fourth-order valence-corrected chi connectivity index (χ4v) is 5.80. The number of aryl methyl sites for hydroxylation is 1. The van der Waals surface area contributed by atoms with Crippen molar-refractivity contribution in [3.8, 4) is 45.8 Å². The third-order valence-electron chi connectivity index (χ3n) is 6.88. The van der Waals surface area contributed by atoms with E-state index in [-0.39, 0.29) is 0 Å². The topological polar surface area (TPSA) is 118 Å². The van der Waals surface area contributed by atoms with Gasteiger partial charge in [0.05, 0.1) is 51.0 Å². The minimum atomic E-state index is 0.446. The van der Waals surface area contributed by atoms with E-state index < -0.39 is 0 Å². The highest BCUT2D eigenvalue weighted by atomic mass is 32.1. The van der Waals surface area contributed by atoms with Gasteiger partial charge in [-0.15, -0.1) is 16.4 Å². The van der Waals surface area contributed by atoms with E-state index in [4.69, 9.17) is 43.4 Å². The van der Waals surface area contributed by atoms with Gasteiger partial charge >= 0.3 is 0 Å². The molecule has 4 aromatic heterocycles. The second kappa shape index (κ2) is 12.0. The number of thiazole rings is 1. The molecule has 220 valence electrons. The lowest BCUT2D eigenvalue weighted by molar-refractivity contribution is 0.354. The zero-order valence-corrected chi connectivity index (χ0v) is 25.2. The summed E-state index contributed by atoms with van der Waals surface area (Å²) >= 11 is 1.63. The van der Waals surface area contributed by atoms with Crippen LogP contribution in [0, 0.1) is 6.92 Å². The molecule has 2 aromatic carbocycles. The van der Waals surface area contributed by atoms with Gasteiger partial charge in [0, 0.05) is 24.0 Å². The van der Waals surface area contributed by atoms with Crippen molar-refractivity contribution in [3.63, 3.8) is 0 Å². The van der Waals surface area contributed by atoms with Gasteiger partial charge in [-0.05, 0) is 54.4 Å². The molecule has 43 heavy (non-hydrogen) atoms. The second-order valence-corrected chi connectivity index (χ2v) is 10.8. The molecule has 0 saturated heterocycles. The fourth-order valence-electron chi connectivity index (χ4n) is 4.82. The molecule has 0 aliphatic rings. The maximum atomic E-state index is 5.62. The summed E-state index contributed by atoms with van der Waals surface area (Å²) < 4.78 is 29.1. The van der Waals surface area contributed by atoms with Crippen molar-refractivity contribution in [2.75, 3.05) is 33.8 Å². The molecule has 0 atom stereocenters. The molecule has 1 N–H and O–H groups in total. The summed E-state index contributed by atoms with van der Waals surface area (Å²) in [5.41, 5.74) is 4.23. The monoisotopic (exact) mass is 598 g/mol. The predicted octanol–water partition coefficient (Wildman–Crippen LogP) is 6.05. The number of methoxy groups -OCH3 is 4. The molecule has 12 heteroatoms. The third kappa shape index (κ3) is 5.56. The Bertz CT molecular complexity index is 1880. The van der Waals surface area contributed by atoms with Gasteiger partial charge < -0.3 is 28.7 Å². The van der Waals surface area contributed by atoms with Gasteiger partial charge in [-0.25, -0.2) is 15.0 Å². The SMILES string of the molecule is COc1ccc(CNc2ncc(-c3nc(C)sc3Cc3ccc(OC)c(OC)c3)c3nc(-c4ccco4)nn23)cc1OC. The van der Waals surface area contributed by atoms with Crippen LogP contribution in [0.4, 0.5) is 5.95 Å². The van der Waals surface area contributed by atoms with Gasteiger partial charge in [-0.2, -0.15) is 4.52 Å². The van der Waals surface area contributed by atoms with Crippen molar-refractivity contribution >= 4 is 22.9 Å². The second-order valence-electron chi connectivity index (χ2n) is 9.56. The van der Waals surface area contributed by atoms with Gasteiger partial charge in [0.15, 0.2) is 34.4 Å². The molecule has 0 bridgehead atoms. The highest BCUT2D eigenvalue weighted by molar-refractivity contribution is 7.12. The Morgan fingerprint density at radius 1 is 0.860 bits per heavy atom. The zero-order valence-electron chi connectivity index (χ0n) is 24.4. The van der Waals surface area contributed by atoms with E-state index in [2.05, 4.69) is 5.32 Å². The van der Waals surface area contributed by atoms with Crippen molar-refractivity contribution in [1.82, 2.24) is 24.6 Å². The Morgan fingerprint density at radius 3 is 2.23 bits per heavy atom. The minimum Gasteiger partial charge on any atom is -0.493 e. The summed E-state index contributed by atoms with van der Waals surface area (Å²) in [7, 11) is 6.49. The van der Waals surface area contributed by atoms with E-state index in [1.54, 1.807) is 62.8 Å². The minimum absolute atomic E-state index is 0.446. The van der Waals surface area contributed by atoms with Crippen LogP contribution in [0.25, 0.3) is 28.5 Å². The largest absolute Gasteiger partial charge is 0.493 e. The number of hydrogen-bond donors (Lipinski definition) is 1. The molecule has 6 rings (SSSR count). The standard InChI is InChI=1S/C31H30N6O5S/c1-18-34-28(27(43-18)15-19-8-10-22(38-2)25(13-19)40-4)21-17-33-31(32-16-20-9-11-23(39-3)26(14-20)41-5)37-30(21)35-29(36-37)24-7-6-12-42-24/h6-14,17H,15-16H2,1-5H3,(H,32,33). The van der Waals surface area contributed by atoms with Crippen LogP contribution in [0.15, 0.2) is 65.4 Å². The van der Waals surface area contributed by atoms with Gasteiger partial charge in [-0.3, -0.25) is 0 Å². The molecule has 0 saturated carbocycles. The van der Waals surface area contributed by atoms with Crippen LogP contribution in [0.1, 0.15) is 21.0 Å². The van der Waals surface area contributed by atoms with E-state index in [1.807, 2.05) is 49.4 Å². The van der Waals surface area contributed by atoms with E-state index in [0.717, 1.165) is 32.3 Å². The molecule has 0 radical (unpaired) electrons. The average Bonchev–Trinajstić information content (AvgIpc) is 3.80. The molecule has 6 aromatic rings. The summed E-state index contributed by atoms with van der Waals surface area (Å²) in [6, 6.07) is 15.3. The van der Waals surface area contributed by atoms with E-state index in [1.165, 1.54) is 0 Å². The van der Waals surface area contributed by atoms with Crippen LogP contribution in [0.2, 0.25) is 0 Å². The first-order valence-electron chi connectivity index (χ1n) is 13.4. The molecule has 0 unspecified atom stereocenters. The van der Waals surface area contributed by atoms with Crippen LogP contribution in [-0.2, 0) is 13.0 Å². The molecular weight excluding hydrogens is 568 g/mol. The number of benzene rings is 2. The average molecular weight is 599 g/mol. The van der Waals surface area contributed by atoms with Crippen LogP contribution in [0.3, 0.4) is 0 Å². The van der Waals surface area contributed by atoms with Crippen LogP contribution in [0.5, 0.6) is 23.0 Å². The van der Waals surface area contributed by atoms with Gasteiger partial charge in [0.25, 0.3) is 0 Å². The molecule has 0 fully saturated rings. The normalized spacial score (nSPS) is 11.1. The first kappa shape index (κ1) is 28.0. The van der Waals surface area contributed by atoms with Crippen LogP contribution >= 0.6 is 11.3 Å². The number of furan rings is 1. The Balaban J connectivity index is 1.39. The molecule has 0 aliphatic carbocycles. The van der Waals surface area contributed by atoms with Crippen molar-refractivity contribution in [2.45, 2.75) is 19.9 Å². The quantitative estimate of drug-likeness (QED) is 0.189. The number of anilines is 1. The maximum Gasteiger partial charge on any atom is 0.226 e. The number of ether oxygens (including phenoxy) is 4. The van der Waals surface area contributed by atoms with Crippen molar-refractivity contribution in [3.05, 3.63) is 82.0 Å². The molecule has 0 amide bonds. The number of fused-ring (bicyclic) bond motifs is 1. The number of nitrogens with one attached hydrogen (secondary N) is 1. The smallest absolute Gasteiger partial charge is 0.226 e. The zero-order chi connectivity index (χ0) is 29.9. The van der Waals surface area contributed by atoms with Gasteiger partial charge in [0.1, 0.15) is 0 Å². The van der Waals surface area contributed by atoms with Crippen molar-refractivity contribution in [2.24, 2.45) is 0 Å². The molecule has 11 nitrogen and oxygen atoms in total. The van der Waals surface area contributed by atoms with E-state index in [9.17, 15) is 0 Å². The lowest BCUT2D eigenvalue weighted by Gasteiger charge is -2.12. The lowest BCUT2D eigenvalue weighted by Crippen LogP contribution is -2.08. The summed E-state index contributed by atoms with van der Waals surface area (Å²) in [6.45, 7) is 2.46. The van der Waals surface area contributed by atoms with Crippen LogP contribution < -0.4 is 24.3 Å². The fraction of sp³-hybridized carbons (Fsp3) is 0.226. The highest BCUT2D eigenvalue weighted by Gasteiger charge is 2.22. The Kier molecular flexibility index (Phi) is 7.84. The predicted molar refractivity (Wildman–Crippen MR) is 164 cm³/mol. The summed E-state index contributed by atoms with van der Waals surface area (Å²) in [5.74, 6) is 4.20. The van der Waals surface area contributed by atoms with Crippen molar-refractivity contribution < 1.29 is 23.4 Å². The number of hydrogen-bond acceptors (Lipinski definition) is 11. The van der Waals surface area contributed by atoms with E-state index >= 15 is 0 Å². The van der Waals surface area contributed by atoms with E-state index in [0.29, 0.717) is 59.1 Å². The highest BCUT2D eigenvalue weighted by Crippen LogP contribution is 2.35. The number of nitrogens with zero attached hydrogens (tertiary/aromatic N) is 5. The van der Waals surface area contributed by atoms with Crippen LogP contribution in [-0.4, -0.2) is 53.0 Å². The molecule has 0 aliphatic heterocycles. The lowest BCUT2D eigenvalue weighted by atomic mass is 10.1. The summed E-state index contributed by atoms with van der Waals surface area (Å²) in [4.78, 5) is 15.6. The van der Waals surface area contributed by atoms with Crippen molar-refractivity contribution in [1.29, 1.82) is 0 Å². The number of aromatic nitrogens is 5. The number of rotatable bonds is 11. The molecular formula is C31H30N6O5S. The maximum absolute atomic E-state index is 5.62. The van der Waals surface area contributed by atoms with Gasteiger partial charge in [0.2, 0.25) is 11.8 Å².